The Labute approximate surface area is 137 Å². The molecule has 0 heterocycles. The number of rotatable bonds is 5. The number of carbonyl (C=O) groups excluding carboxylic acids is 1. The quantitative estimate of drug-likeness (QED) is 0.872. The van der Waals surface area contributed by atoms with Crippen molar-refractivity contribution in [3.8, 4) is 5.75 Å². The van der Waals surface area contributed by atoms with Gasteiger partial charge in [0.1, 0.15) is 5.75 Å². The van der Waals surface area contributed by atoms with Crippen molar-refractivity contribution in [2.45, 2.75) is 38.6 Å². The maximum Gasteiger partial charge on any atom is 0.223 e. The first-order chi connectivity index (χ1) is 11.1. The van der Waals surface area contributed by atoms with Crippen molar-refractivity contribution in [3.05, 3.63) is 65.2 Å². The van der Waals surface area contributed by atoms with E-state index in [0.717, 1.165) is 24.0 Å². The first kappa shape index (κ1) is 15.6. The summed E-state index contributed by atoms with van der Waals surface area (Å²) in [4.78, 5) is 12.3. The largest absolute Gasteiger partial charge is 0.508 e. The second kappa shape index (κ2) is 6.45. The zero-order chi connectivity index (χ0) is 16.4. The number of phenolic OH excluding ortho intramolecular Hbond substituents is 1. The second-order valence-electron chi connectivity index (χ2n) is 6.60. The van der Waals surface area contributed by atoms with Gasteiger partial charge in [-0.1, -0.05) is 56.3 Å². The van der Waals surface area contributed by atoms with Gasteiger partial charge in [0.15, 0.2) is 0 Å². The van der Waals surface area contributed by atoms with Crippen LogP contribution in [0.2, 0.25) is 0 Å². The number of hydrogen-bond acceptors (Lipinski definition) is 2. The Morgan fingerprint density at radius 2 is 1.65 bits per heavy atom. The van der Waals surface area contributed by atoms with Crippen LogP contribution in [-0.4, -0.2) is 11.0 Å². The van der Waals surface area contributed by atoms with E-state index in [2.05, 4.69) is 31.3 Å². The fraction of sp³-hybridized carbons (Fsp3) is 0.350. The third kappa shape index (κ3) is 3.55. The maximum absolute atomic E-state index is 12.3. The molecule has 0 spiro atoms. The molecule has 2 aromatic rings. The van der Waals surface area contributed by atoms with Crippen LogP contribution in [-0.2, 0) is 4.79 Å². The third-order valence-electron chi connectivity index (χ3n) is 4.42. The molecule has 1 saturated carbocycles. The molecule has 3 rings (SSSR count). The summed E-state index contributed by atoms with van der Waals surface area (Å²) < 4.78 is 0. The summed E-state index contributed by atoms with van der Waals surface area (Å²) in [5, 5.41) is 13.3. The van der Waals surface area contributed by atoms with Gasteiger partial charge in [0.25, 0.3) is 0 Å². The molecule has 1 amide bonds. The molecule has 0 saturated heterocycles. The van der Waals surface area contributed by atoms with Crippen LogP contribution in [0.1, 0.15) is 55.3 Å². The minimum absolute atomic E-state index is 0.0752. The van der Waals surface area contributed by atoms with E-state index in [1.165, 1.54) is 5.56 Å². The Kier molecular flexibility index (Phi) is 4.37. The third-order valence-corrected chi connectivity index (χ3v) is 4.42. The fourth-order valence-electron chi connectivity index (χ4n) is 2.75. The average molecular weight is 309 g/mol. The first-order valence-corrected chi connectivity index (χ1v) is 8.24. The highest BCUT2D eigenvalue weighted by Gasteiger charge is 2.32. The maximum atomic E-state index is 12.3. The Morgan fingerprint density at radius 1 is 1.04 bits per heavy atom. The number of aromatic hydroxyl groups is 1. The molecule has 2 N–H and O–H groups in total. The van der Waals surface area contributed by atoms with E-state index in [1.807, 2.05) is 24.3 Å². The molecule has 1 aliphatic carbocycles. The average Bonchev–Trinajstić information content (AvgIpc) is 3.38. The highest BCUT2D eigenvalue weighted by Crippen LogP contribution is 2.33. The van der Waals surface area contributed by atoms with Gasteiger partial charge in [-0.2, -0.15) is 0 Å². The molecule has 120 valence electrons. The van der Waals surface area contributed by atoms with E-state index >= 15 is 0 Å². The van der Waals surface area contributed by atoms with E-state index < -0.39 is 0 Å². The van der Waals surface area contributed by atoms with Gasteiger partial charge in [-0.25, -0.2) is 0 Å². The minimum Gasteiger partial charge on any atom is -0.508 e. The van der Waals surface area contributed by atoms with Crippen LogP contribution in [0.3, 0.4) is 0 Å². The lowest BCUT2D eigenvalue weighted by molar-refractivity contribution is -0.122. The Hall–Kier alpha value is -2.29. The van der Waals surface area contributed by atoms with Gasteiger partial charge >= 0.3 is 0 Å². The lowest BCUT2D eigenvalue weighted by atomic mass is 9.94. The van der Waals surface area contributed by atoms with Gasteiger partial charge in [-0.3, -0.25) is 4.79 Å². The molecule has 1 fully saturated rings. The Bertz CT molecular complexity index is 687. The van der Waals surface area contributed by atoms with Gasteiger partial charge in [0, 0.05) is 11.5 Å². The highest BCUT2D eigenvalue weighted by molar-refractivity contribution is 5.81. The predicted octanol–water partition coefficient (Wildman–Crippen LogP) is 4.13. The standard InChI is InChI=1S/C20H23NO2/c1-13(2)14-7-9-15(10-8-14)19(21-20(23)16-11-12-16)17-5-3-4-6-18(17)22/h3-10,13,16,19,22H,11-12H2,1-2H3,(H,21,23). The zero-order valence-electron chi connectivity index (χ0n) is 13.6. The molecule has 1 unspecified atom stereocenters. The van der Waals surface area contributed by atoms with E-state index in [-0.39, 0.29) is 23.6 Å². The Balaban J connectivity index is 1.93. The summed E-state index contributed by atoms with van der Waals surface area (Å²) in [6.45, 7) is 4.31. The lowest BCUT2D eigenvalue weighted by Crippen LogP contribution is -2.30. The van der Waals surface area contributed by atoms with Crippen LogP contribution in [0.25, 0.3) is 0 Å². The van der Waals surface area contributed by atoms with Gasteiger partial charge in [-0.15, -0.1) is 0 Å². The minimum atomic E-state index is -0.314. The van der Waals surface area contributed by atoms with Gasteiger partial charge < -0.3 is 10.4 Å². The van der Waals surface area contributed by atoms with Crippen molar-refractivity contribution < 1.29 is 9.90 Å². The zero-order valence-corrected chi connectivity index (χ0v) is 13.6. The molecule has 3 heteroatoms. The molecular formula is C20H23NO2. The molecule has 23 heavy (non-hydrogen) atoms. The van der Waals surface area contributed by atoms with Crippen LogP contribution >= 0.6 is 0 Å². The Morgan fingerprint density at radius 3 is 2.22 bits per heavy atom. The molecule has 1 atom stereocenters. The lowest BCUT2D eigenvalue weighted by Gasteiger charge is -2.21. The predicted molar refractivity (Wildman–Crippen MR) is 91.3 cm³/mol. The topological polar surface area (TPSA) is 49.3 Å². The van der Waals surface area contributed by atoms with Crippen LogP contribution < -0.4 is 5.32 Å². The summed E-state index contributed by atoms with van der Waals surface area (Å²) in [6, 6.07) is 15.2. The van der Waals surface area contributed by atoms with Crippen molar-refractivity contribution in [3.63, 3.8) is 0 Å². The van der Waals surface area contributed by atoms with Crippen molar-refractivity contribution in [1.29, 1.82) is 0 Å². The van der Waals surface area contributed by atoms with Gasteiger partial charge in [0.05, 0.1) is 6.04 Å². The summed E-state index contributed by atoms with van der Waals surface area (Å²) in [5.41, 5.74) is 2.99. The molecule has 0 aliphatic heterocycles. The van der Waals surface area contributed by atoms with Crippen molar-refractivity contribution in [2.75, 3.05) is 0 Å². The van der Waals surface area contributed by atoms with E-state index in [1.54, 1.807) is 12.1 Å². The smallest absolute Gasteiger partial charge is 0.223 e. The number of amides is 1. The number of hydrogen-bond donors (Lipinski definition) is 2. The summed E-state index contributed by atoms with van der Waals surface area (Å²) in [6.07, 6.45) is 1.93. The monoisotopic (exact) mass is 309 g/mol. The van der Waals surface area contributed by atoms with Crippen LogP contribution in [0, 0.1) is 5.92 Å². The highest BCUT2D eigenvalue weighted by atomic mass is 16.3. The van der Waals surface area contributed by atoms with Crippen molar-refractivity contribution in [2.24, 2.45) is 5.92 Å². The SMILES string of the molecule is CC(C)c1ccc(C(NC(=O)C2CC2)c2ccccc2O)cc1. The van der Waals surface area contributed by atoms with E-state index in [9.17, 15) is 9.90 Å². The number of para-hydroxylation sites is 1. The van der Waals surface area contributed by atoms with Crippen LogP contribution in [0.15, 0.2) is 48.5 Å². The normalized spacial score (nSPS) is 15.4. The molecule has 1 aliphatic rings. The van der Waals surface area contributed by atoms with Gasteiger partial charge in [0.2, 0.25) is 5.91 Å². The molecular weight excluding hydrogens is 286 g/mol. The van der Waals surface area contributed by atoms with E-state index in [0.29, 0.717) is 5.92 Å². The second-order valence-corrected chi connectivity index (χ2v) is 6.60. The molecule has 0 radical (unpaired) electrons. The molecule has 2 aromatic carbocycles. The number of phenols is 1. The fourth-order valence-corrected chi connectivity index (χ4v) is 2.75. The summed E-state index contributed by atoms with van der Waals surface area (Å²) >= 11 is 0. The van der Waals surface area contributed by atoms with E-state index in [4.69, 9.17) is 0 Å². The summed E-state index contributed by atoms with van der Waals surface area (Å²) in [7, 11) is 0. The van der Waals surface area contributed by atoms with Crippen molar-refractivity contribution in [1.82, 2.24) is 5.32 Å². The van der Waals surface area contributed by atoms with Crippen LogP contribution in [0.4, 0.5) is 0 Å². The first-order valence-electron chi connectivity index (χ1n) is 8.24. The van der Waals surface area contributed by atoms with Gasteiger partial charge in [-0.05, 0) is 36.0 Å². The van der Waals surface area contributed by atoms with Crippen molar-refractivity contribution >= 4 is 5.91 Å². The molecule has 3 nitrogen and oxygen atoms in total. The summed E-state index contributed by atoms with van der Waals surface area (Å²) in [5.74, 6) is 0.889. The number of benzene rings is 2. The number of nitrogens with one attached hydrogen (secondary N) is 1. The molecule has 0 aromatic heterocycles. The number of carbonyl (C=O) groups is 1. The van der Waals surface area contributed by atoms with Crippen LogP contribution in [0.5, 0.6) is 5.75 Å². The molecule has 0 bridgehead atoms.